The molecule has 0 aromatic carbocycles. The molecule has 0 fully saturated rings. The summed E-state index contributed by atoms with van der Waals surface area (Å²) in [6.45, 7) is 4.05. The maximum absolute atomic E-state index is 10.8. The first kappa shape index (κ1) is 11.4. The minimum atomic E-state index is -0.573. The molecule has 0 atom stereocenters. The van der Waals surface area contributed by atoms with E-state index in [1.807, 2.05) is 11.8 Å². The van der Waals surface area contributed by atoms with Crippen molar-refractivity contribution in [2.24, 2.45) is 11.5 Å². The van der Waals surface area contributed by atoms with Crippen molar-refractivity contribution in [3.05, 3.63) is 17.8 Å². The van der Waals surface area contributed by atoms with Gasteiger partial charge in [-0.25, -0.2) is 0 Å². The molecule has 6 heteroatoms. The molecule has 15 heavy (non-hydrogen) atoms. The summed E-state index contributed by atoms with van der Waals surface area (Å²) in [5.74, 6) is 0.129. The highest BCUT2D eigenvalue weighted by Crippen LogP contribution is 2.08. The Labute approximate surface area is 88.3 Å². The van der Waals surface area contributed by atoms with E-state index >= 15 is 0 Å². The average molecular weight is 209 g/mol. The van der Waals surface area contributed by atoms with Gasteiger partial charge in [0.25, 0.3) is 5.91 Å². The summed E-state index contributed by atoms with van der Waals surface area (Å²) in [6, 6.07) is 3.27. The van der Waals surface area contributed by atoms with Gasteiger partial charge in [-0.3, -0.25) is 4.79 Å². The van der Waals surface area contributed by atoms with E-state index in [1.54, 1.807) is 12.1 Å². The number of amides is 1. The van der Waals surface area contributed by atoms with Crippen LogP contribution in [0.4, 0.5) is 5.82 Å². The summed E-state index contributed by atoms with van der Waals surface area (Å²) in [5, 5.41) is 7.63. The van der Waals surface area contributed by atoms with Crippen molar-refractivity contribution in [2.45, 2.75) is 6.92 Å². The van der Waals surface area contributed by atoms with Gasteiger partial charge in [0, 0.05) is 19.6 Å². The summed E-state index contributed by atoms with van der Waals surface area (Å²) in [4.78, 5) is 12.7. The van der Waals surface area contributed by atoms with Crippen molar-refractivity contribution >= 4 is 11.7 Å². The maximum Gasteiger partial charge on any atom is 0.269 e. The predicted octanol–water partition coefficient (Wildman–Crippen LogP) is -0.639. The van der Waals surface area contributed by atoms with Gasteiger partial charge in [0.1, 0.15) is 0 Å². The summed E-state index contributed by atoms with van der Waals surface area (Å²) in [6.07, 6.45) is 0. The number of likely N-dealkylation sites (N-methyl/N-ethyl adjacent to an activating group) is 1. The highest BCUT2D eigenvalue weighted by molar-refractivity contribution is 5.90. The van der Waals surface area contributed by atoms with Crippen LogP contribution < -0.4 is 16.4 Å². The third-order valence-corrected chi connectivity index (χ3v) is 2.01. The molecule has 1 rings (SSSR count). The molecule has 0 spiro atoms. The first-order chi connectivity index (χ1) is 7.19. The molecule has 0 radical (unpaired) electrons. The average Bonchev–Trinajstić information content (AvgIpc) is 2.26. The van der Waals surface area contributed by atoms with Crippen LogP contribution in [0.25, 0.3) is 0 Å². The molecule has 0 aliphatic carbocycles. The number of aromatic nitrogens is 2. The number of carbonyl (C=O) groups is 1. The summed E-state index contributed by atoms with van der Waals surface area (Å²) in [7, 11) is 0. The number of carbonyl (C=O) groups excluding carboxylic acids is 1. The number of rotatable bonds is 5. The molecule has 0 aliphatic heterocycles. The minimum Gasteiger partial charge on any atom is -0.364 e. The molecule has 0 aliphatic rings. The van der Waals surface area contributed by atoms with Gasteiger partial charge in [-0.05, 0) is 19.1 Å². The van der Waals surface area contributed by atoms with Crippen LogP contribution in [-0.4, -0.2) is 35.7 Å². The van der Waals surface area contributed by atoms with Crippen molar-refractivity contribution in [1.29, 1.82) is 0 Å². The molecule has 1 amide bonds. The first-order valence-corrected chi connectivity index (χ1v) is 4.77. The Morgan fingerprint density at radius 1 is 1.47 bits per heavy atom. The normalized spacial score (nSPS) is 10.0. The van der Waals surface area contributed by atoms with Crippen LogP contribution in [0.5, 0.6) is 0 Å². The van der Waals surface area contributed by atoms with Crippen molar-refractivity contribution < 1.29 is 4.79 Å². The highest BCUT2D eigenvalue weighted by Gasteiger charge is 2.07. The summed E-state index contributed by atoms with van der Waals surface area (Å²) < 4.78 is 0. The van der Waals surface area contributed by atoms with Gasteiger partial charge in [-0.2, -0.15) is 0 Å². The van der Waals surface area contributed by atoms with Crippen molar-refractivity contribution in [2.75, 3.05) is 24.5 Å². The first-order valence-electron chi connectivity index (χ1n) is 4.77. The van der Waals surface area contributed by atoms with Gasteiger partial charge in [0.2, 0.25) is 0 Å². The fraction of sp³-hybridized carbons (Fsp3) is 0.444. The fourth-order valence-corrected chi connectivity index (χ4v) is 1.22. The van der Waals surface area contributed by atoms with E-state index < -0.39 is 5.91 Å². The van der Waals surface area contributed by atoms with Gasteiger partial charge in [-0.15, -0.1) is 10.2 Å². The van der Waals surface area contributed by atoms with E-state index in [0.29, 0.717) is 18.9 Å². The Kier molecular flexibility index (Phi) is 3.99. The lowest BCUT2D eigenvalue weighted by molar-refractivity contribution is 0.0994. The van der Waals surface area contributed by atoms with E-state index in [4.69, 9.17) is 11.5 Å². The summed E-state index contributed by atoms with van der Waals surface area (Å²) >= 11 is 0. The second kappa shape index (κ2) is 5.26. The Balaban J connectivity index is 2.81. The van der Waals surface area contributed by atoms with Crippen LogP contribution in [-0.2, 0) is 0 Å². The lowest BCUT2D eigenvalue weighted by Gasteiger charge is -2.19. The van der Waals surface area contributed by atoms with Gasteiger partial charge in [0.05, 0.1) is 0 Å². The van der Waals surface area contributed by atoms with Gasteiger partial charge in [-0.1, -0.05) is 0 Å². The second-order valence-corrected chi connectivity index (χ2v) is 3.01. The summed E-state index contributed by atoms with van der Waals surface area (Å²) in [5.41, 5.74) is 10.7. The molecule has 4 N–H and O–H groups in total. The molecule has 0 unspecified atom stereocenters. The molecule has 6 nitrogen and oxygen atoms in total. The Hall–Kier alpha value is -1.69. The third kappa shape index (κ3) is 2.88. The third-order valence-electron chi connectivity index (χ3n) is 2.01. The van der Waals surface area contributed by atoms with Crippen LogP contribution >= 0.6 is 0 Å². The van der Waals surface area contributed by atoms with Gasteiger partial charge in [0.15, 0.2) is 11.5 Å². The molecular formula is C9H15N5O. The van der Waals surface area contributed by atoms with Gasteiger partial charge >= 0.3 is 0 Å². The zero-order valence-electron chi connectivity index (χ0n) is 8.68. The van der Waals surface area contributed by atoms with Gasteiger partial charge < -0.3 is 16.4 Å². The van der Waals surface area contributed by atoms with Crippen LogP contribution in [0, 0.1) is 0 Å². The van der Waals surface area contributed by atoms with E-state index in [-0.39, 0.29) is 5.69 Å². The monoisotopic (exact) mass is 209 g/mol. The number of hydrogen-bond acceptors (Lipinski definition) is 5. The van der Waals surface area contributed by atoms with Crippen LogP contribution in [0.2, 0.25) is 0 Å². The highest BCUT2D eigenvalue weighted by atomic mass is 16.1. The van der Waals surface area contributed by atoms with E-state index in [2.05, 4.69) is 10.2 Å². The van der Waals surface area contributed by atoms with E-state index in [1.165, 1.54) is 0 Å². The molecular weight excluding hydrogens is 194 g/mol. The SMILES string of the molecule is CCN(CCN)c1ccc(C(N)=O)nn1. The van der Waals surface area contributed by atoms with Crippen LogP contribution in [0.15, 0.2) is 12.1 Å². The number of anilines is 1. The minimum absolute atomic E-state index is 0.169. The molecule has 1 aromatic rings. The Morgan fingerprint density at radius 2 is 2.20 bits per heavy atom. The molecule has 82 valence electrons. The van der Waals surface area contributed by atoms with Crippen molar-refractivity contribution in [3.63, 3.8) is 0 Å². The topological polar surface area (TPSA) is 98.1 Å². The largest absolute Gasteiger partial charge is 0.364 e. The zero-order valence-corrected chi connectivity index (χ0v) is 8.68. The van der Waals surface area contributed by atoms with Crippen molar-refractivity contribution in [3.8, 4) is 0 Å². The zero-order chi connectivity index (χ0) is 11.3. The number of nitrogens with zero attached hydrogens (tertiary/aromatic N) is 3. The Bertz CT molecular complexity index is 324. The predicted molar refractivity (Wildman–Crippen MR) is 57.5 cm³/mol. The molecule has 0 saturated carbocycles. The molecule has 0 bridgehead atoms. The van der Waals surface area contributed by atoms with E-state index in [9.17, 15) is 4.79 Å². The fourth-order valence-electron chi connectivity index (χ4n) is 1.22. The lowest BCUT2D eigenvalue weighted by Crippen LogP contribution is -2.30. The number of hydrogen-bond donors (Lipinski definition) is 2. The number of nitrogens with two attached hydrogens (primary N) is 2. The standard InChI is InChI=1S/C9H15N5O/c1-2-14(6-5-10)8-4-3-7(9(11)15)12-13-8/h3-4H,2,5-6,10H2,1H3,(H2,11,15). The molecule has 1 aromatic heterocycles. The van der Waals surface area contributed by atoms with Crippen LogP contribution in [0.1, 0.15) is 17.4 Å². The molecule has 0 saturated heterocycles. The smallest absolute Gasteiger partial charge is 0.269 e. The second-order valence-electron chi connectivity index (χ2n) is 3.01. The van der Waals surface area contributed by atoms with Crippen LogP contribution in [0.3, 0.4) is 0 Å². The lowest BCUT2D eigenvalue weighted by atomic mass is 10.3. The van der Waals surface area contributed by atoms with Crippen molar-refractivity contribution in [1.82, 2.24) is 10.2 Å². The van der Waals surface area contributed by atoms with E-state index in [0.717, 1.165) is 6.54 Å². The number of primary amides is 1. The maximum atomic E-state index is 10.8. The quantitative estimate of drug-likeness (QED) is 0.672. The molecule has 1 heterocycles. The Morgan fingerprint density at radius 3 is 2.60 bits per heavy atom.